The van der Waals surface area contributed by atoms with E-state index in [1.807, 2.05) is 31.2 Å². The van der Waals surface area contributed by atoms with Gasteiger partial charge in [-0.3, -0.25) is 4.79 Å². The molecule has 1 N–H and O–H groups in total. The fourth-order valence-electron chi connectivity index (χ4n) is 2.95. The van der Waals surface area contributed by atoms with Crippen molar-refractivity contribution in [3.8, 4) is 0 Å². The second-order valence-electron chi connectivity index (χ2n) is 7.24. The van der Waals surface area contributed by atoms with Crippen molar-refractivity contribution in [3.63, 3.8) is 0 Å². The molecule has 0 aromatic heterocycles. The third-order valence-corrected chi connectivity index (χ3v) is 7.80. The molecule has 0 spiro atoms. The lowest BCUT2D eigenvalue weighted by Crippen LogP contribution is -2.40. The lowest BCUT2D eigenvalue weighted by atomic mass is 10.1. The summed E-state index contributed by atoms with van der Waals surface area (Å²) in [5.74, 6) is -0.411. The maximum Gasteiger partial charge on any atom is 0.243 e. The average molecular weight is 556 g/mol. The molecule has 0 unspecified atom stereocenters. The highest BCUT2D eigenvalue weighted by Crippen LogP contribution is 2.25. The molecule has 0 aliphatic carbocycles. The summed E-state index contributed by atoms with van der Waals surface area (Å²) < 4.78 is 28.5. The van der Waals surface area contributed by atoms with Crippen molar-refractivity contribution < 1.29 is 13.2 Å². The number of rotatable bonds is 8. The number of halogens is 3. The predicted octanol–water partition coefficient (Wildman–Crippen LogP) is 5.57. The van der Waals surface area contributed by atoms with Crippen LogP contribution in [0.25, 0.3) is 0 Å². The Morgan fingerprint density at radius 1 is 0.938 bits per heavy atom. The molecule has 0 aliphatic heterocycles. The predicted molar refractivity (Wildman–Crippen MR) is 131 cm³/mol. The summed E-state index contributed by atoms with van der Waals surface area (Å²) in [5, 5.41) is 3.47. The number of amides is 1. The van der Waals surface area contributed by atoms with Crippen LogP contribution in [0.2, 0.25) is 10.0 Å². The Balaban J connectivity index is 1.81. The standard InChI is InChI=1S/C23H21BrCl2N2O3S/c1-16-2-4-17(5-3-16)13-27-23(29)15-28(14-18-6-11-21(25)22(26)12-18)32(30,31)20-9-7-19(24)8-10-20/h2-12H,13-15H2,1H3,(H,27,29). The van der Waals surface area contributed by atoms with Gasteiger partial charge in [-0.15, -0.1) is 0 Å². The molecule has 0 saturated heterocycles. The van der Waals surface area contributed by atoms with Gasteiger partial charge in [0.2, 0.25) is 15.9 Å². The Morgan fingerprint density at radius 2 is 1.56 bits per heavy atom. The van der Waals surface area contributed by atoms with Crippen LogP contribution in [0.5, 0.6) is 0 Å². The Bertz CT molecular complexity index is 1200. The van der Waals surface area contributed by atoms with Crippen LogP contribution in [0.15, 0.2) is 76.1 Å². The molecule has 32 heavy (non-hydrogen) atoms. The molecule has 0 bridgehead atoms. The normalized spacial score (nSPS) is 11.5. The Labute approximate surface area is 206 Å². The van der Waals surface area contributed by atoms with E-state index in [2.05, 4.69) is 21.2 Å². The number of sulfonamides is 1. The van der Waals surface area contributed by atoms with Gasteiger partial charge in [0.25, 0.3) is 0 Å². The molecule has 0 aliphatic rings. The van der Waals surface area contributed by atoms with Gasteiger partial charge in [-0.05, 0) is 54.4 Å². The van der Waals surface area contributed by atoms with Gasteiger partial charge in [-0.25, -0.2) is 8.42 Å². The SMILES string of the molecule is Cc1ccc(CNC(=O)CN(Cc2ccc(Cl)c(Cl)c2)S(=O)(=O)c2ccc(Br)cc2)cc1. The number of hydrogen-bond acceptors (Lipinski definition) is 3. The smallest absolute Gasteiger partial charge is 0.243 e. The first kappa shape index (κ1) is 24.7. The molecular weight excluding hydrogens is 535 g/mol. The summed E-state index contributed by atoms with van der Waals surface area (Å²) in [6.45, 7) is 1.91. The zero-order chi connectivity index (χ0) is 23.3. The van der Waals surface area contributed by atoms with E-state index in [0.717, 1.165) is 19.9 Å². The van der Waals surface area contributed by atoms with Crippen LogP contribution in [0.1, 0.15) is 16.7 Å². The molecule has 0 radical (unpaired) electrons. The summed E-state index contributed by atoms with van der Waals surface area (Å²) in [4.78, 5) is 12.8. The Hall–Kier alpha value is -1.90. The van der Waals surface area contributed by atoms with E-state index in [0.29, 0.717) is 22.2 Å². The summed E-state index contributed by atoms with van der Waals surface area (Å²) >= 11 is 15.4. The molecular formula is C23H21BrCl2N2O3S. The molecule has 9 heteroatoms. The van der Waals surface area contributed by atoms with E-state index in [1.54, 1.807) is 30.3 Å². The van der Waals surface area contributed by atoms with Gasteiger partial charge in [-0.2, -0.15) is 4.31 Å². The highest BCUT2D eigenvalue weighted by molar-refractivity contribution is 9.10. The van der Waals surface area contributed by atoms with Crippen LogP contribution in [-0.4, -0.2) is 25.2 Å². The molecule has 0 heterocycles. The maximum atomic E-state index is 13.3. The number of nitrogens with zero attached hydrogens (tertiary/aromatic N) is 1. The topological polar surface area (TPSA) is 66.5 Å². The van der Waals surface area contributed by atoms with Crippen molar-refractivity contribution in [1.29, 1.82) is 0 Å². The zero-order valence-electron chi connectivity index (χ0n) is 17.2. The molecule has 0 fully saturated rings. The minimum absolute atomic E-state index is 0.0345. The molecule has 3 aromatic carbocycles. The number of nitrogens with one attached hydrogen (secondary N) is 1. The van der Waals surface area contributed by atoms with Crippen molar-refractivity contribution in [1.82, 2.24) is 9.62 Å². The van der Waals surface area contributed by atoms with Crippen LogP contribution in [-0.2, 0) is 27.9 Å². The number of carbonyl (C=O) groups excluding carboxylic acids is 1. The Morgan fingerprint density at radius 3 is 2.19 bits per heavy atom. The minimum atomic E-state index is -3.95. The van der Waals surface area contributed by atoms with E-state index >= 15 is 0 Å². The molecule has 0 atom stereocenters. The molecule has 5 nitrogen and oxygen atoms in total. The van der Waals surface area contributed by atoms with Crippen molar-refractivity contribution in [2.75, 3.05) is 6.54 Å². The van der Waals surface area contributed by atoms with Gasteiger partial charge >= 0.3 is 0 Å². The molecule has 3 aromatic rings. The Kier molecular flexibility index (Phi) is 8.36. The van der Waals surface area contributed by atoms with E-state index in [4.69, 9.17) is 23.2 Å². The van der Waals surface area contributed by atoms with Crippen molar-refractivity contribution in [2.24, 2.45) is 0 Å². The zero-order valence-corrected chi connectivity index (χ0v) is 21.1. The fourth-order valence-corrected chi connectivity index (χ4v) is 4.92. The number of aryl methyl sites for hydroxylation is 1. The minimum Gasteiger partial charge on any atom is -0.351 e. The van der Waals surface area contributed by atoms with Gasteiger partial charge in [0.1, 0.15) is 0 Å². The second kappa shape index (κ2) is 10.8. The quantitative estimate of drug-likeness (QED) is 0.395. The van der Waals surface area contributed by atoms with E-state index in [-0.39, 0.29) is 18.0 Å². The molecule has 1 amide bonds. The molecule has 3 rings (SSSR count). The number of benzene rings is 3. The van der Waals surface area contributed by atoms with Crippen molar-refractivity contribution in [3.05, 3.63) is 97.9 Å². The first-order chi connectivity index (χ1) is 15.1. The van der Waals surface area contributed by atoms with Gasteiger partial charge in [0, 0.05) is 17.6 Å². The summed E-state index contributed by atoms with van der Waals surface area (Å²) in [5.41, 5.74) is 2.66. The maximum absolute atomic E-state index is 13.3. The highest BCUT2D eigenvalue weighted by Gasteiger charge is 2.27. The summed E-state index contributed by atoms with van der Waals surface area (Å²) in [6, 6.07) is 18.9. The van der Waals surface area contributed by atoms with E-state index in [9.17, 15) is 13.2 Å². The lowest BCUT2D eigenvalue weighted by Gasteiger charge is -2.22. The van der Waals surface area contributed by atoms with Gasteiger partial charge in [0.15, 0.2) is 0 Å². The summed E-state index contributed by atoms with van der Waals surface area (Å²) in [6.07, 6.45) is 0. The molecule has 0 saturated carbocycles. The van der Waals surface area contributed by atoms with E-state index in [1.165, 1.54) is 12.1 Å². The van der Waals surface area contributed by atoms with Gasteiger partial charge in [0.05, 0.1) is 21.5 Å². The van der Waals surface area contributed by atoms with Gasteiger partial charge < -0.3 is 5.32 Å². The average Bonchev–Trinajstić information content (AvgIpc) is 2.76. The van der Waals surface area contributed by atoms with Crippen LogP contribution >= 0.6 is 39.1 Å². The monoisotopic (exact) mass is 554 g/mol. The fraction of sp³-hybridized carbons (Fsp3) is 0.174. The van der Waals surface area contributed by atoms with Crippen LogP contribution in [0.3, 0.4) is 0 Å². The third-order valence-electron chi connectivity index (χ3n) is 4.72. The highest BCUT2D eigenvalue weighted by atomic mass is 79.9. The van der Waals surface area contributed by atoms with E-state index < -0.39 is 15.9 Å². The molecule has 168 valence electrons. The van der Waals surface area contributed by atoms with Crippen LogP contribution < -0.4 is 5.32 Å². The van der Waals surface area contributed by atoms with Crippen LogP contribution in [0.4, 0.5) is 0 Å². The summed E-state index contributed by atoms with van der Waals surface area (Å²) in [7, 11) is -3.95. The largest absolute Gasteiger partial charge is 0.351 e. The lowest BCUT2D eigenvalue weighted by molar-refractivity contribution is -0.121. The third kappa shape index (κ3) is 6.56. The number of carbonyl (C=O) groups is 1. The van der Waals surface area contributed by atoms with Crippen LogP contribution in [0, 0.1) is 6.92 Å². The second-order valence-corrected chi connectivity index (χ2v) is 10.9. The van der Waals surface area contributed by atoms with Crippen molar-refractivity contribution >= 4 is 55.1 Å². The van der Waals surface area contributed by atoms with Gasteiger partial charge in [-0.1, -0.05) is 75.0 Å². The number of hydrogen-bond donors (Lipinski definition) is 1. The van der Waals surface area contributed by atoms with Crippen molar-refractivity contribution in [2.45, 2.75) is 24.9 Å². The first-order valence-electron chi connectivity index (χ1n) is 9.67. The first-order valence-corrected chi connectivity index (χ1v) is 12.7.